The first-order valence-corrected chi connectivity index (χ1v) is 6.06. The van der Waals surface area contributed by atoms with Gasteiger partial charge in [0.25, 0.3) is 0 Å². The summed E-state index contributed by atoms with van der Waals surface area (Å²) in [6.45, 7) is 1.99. The molecule has 5 heteroatoms. The lowest BCUT2D eigenvalue weighted by Crippen LogP contribution is -2.45. The van der Waals surface area contributed by atoms with Crippen LogP contribution in [0.3, 0.4) is 0 Å². The molecule has 1 amide bonds. The Bertz CT molecular complexity index is 193. The Morgan fingerprint density at radius 1 is 1.79 bits per heavy atom. The average Bonchev–Trinajstić information content (AvgIpc) is 2.66. The summed E-state index contributed by atoms with van der Waals surface area (Å²) in [6, 6.07) is -0.368. The molecule has 0 aromatic carbocycles. The lowest BCUT2D eigenvalue weighted by atomic mass is 10.1. The topological polar surface area (TPSA) is 75.3 Å². The number of aliphatic hydroxyl groups excluding tert-OH is 1. The number of nitrogens with one attached hydrogen (secondary N) is 1. The number of hydrogen-bond acceptors (Lipinski definition) is 4. The standard InChI is InChI=1S/C9H18N2O2S/c1-6(12)8(10)4-11-9(13)7-2-3-14-5-7/h6-8,12H,2-5,10H2,1H3,(H,11,13). The monoisotopic (exact) mass is 218 g/mol. The number of nitrogens with two attached hydrogens (primary N) is 1. The van der Waals surface area contributed by atoms with E-state index in [-0.39, 0.29) is 17.9 Å². The van der Waals surface area contributed by atoms with Crippen LogP contribution < -0.4 is 11.1 Å². The van der Waals surface area contributed by atoms with Gasteiger partial charge in [0.2, 0.25) is 5.91 Å². The first kappa shape index (κ1) is 11.8. The Morgan fingerprint density at radius 2 is 2.50 bits per heavy atom. The molecule has 0 bridgehead atoms. The SMILES string of the molecule is CC(O)C(N)CNC(=O)C1CCSC1. The van der Waals surface area contributed by atoms with Crippen molar-refractivity contribution >= 4 is 17.7 Å². The van der Waals surface area contributed by atoms with Crippen LogP contribution in [-0.4, -0.2) is 41.2 Å². The molecule has 1 heterocycles. The van der Waals surface area contributed by atoms with Crippen LogP contribution in [0.2, 0.25) is 0 Å². The zero-order chi connectivity index (χ0) is 10.6. The summed E-state index contributed by atoms with van der Waals surface area (Å²) in [7, 11) is 0. The highest BCUT2D eigenvalue weighted by Gasteiger charge is 2.23. The lowest BCUT2D eigenvalue weighted by molar-refractivity contribution is -0.124. The van der Waals surface area contributed by atoms with Crippen LogP contribution in [0.1, 0.15) is 13.3 Å². The van der Waals surface area contributed by atoms with Gasteiger partial charge in [-0.1, -0.05) is 0 Å². The maximum Gasteiger partial charge on any atom is 0.224 e. The quantitative estimate of drug-likeness (QED) is 0.598. The number of rotatable bonds is 4. The van der Waals surface area contributed by atoms with Crippen molar-refractivity contribution in [3.63, 3.8) is 0 Å². The van der Waals surface area contributed by atoms with Crippen molar-refractivity contribution in [1.82, 2.24) is 5.32 Å². The van der Waals surface area contributed by atoms with E-state index in [0.717, 1.165) is 17.9 Å². The molecule has 14 heavy (non-hydrogen) atoms. The summed E-state index contributed by atoms with van der Waals surface area (Å²) in [5, 5.41) is 11.9. The third-order valence-electron chi connectivity index (χ3n) is 2.43. The van der Waals surface area contributed by atoms with Gasteiger partial charge in [0, 0.05) is 24.3 Å². The van der Waals surface area contributed by atoms with Gasteiger partial charge in [-0.25, -0.2) is 0 Å². The van der Waals surface area contributed by atoms with Crippen LogP contribution in [0.15, 0.2) is 0 Å². The van der Waals surface area contributed by atoms with E-state index in [1.165, 1.54) is 0 Å². The summed E-state index contributed by atoms with van der Waals surface area (Å²) >= 11 is 1.81. The van der Waals surface area contributed by atoms with E-state index in [1.54, 1.807) is 6.92 Å². The maximum absolute atomic E-state index is 11.5. The lowest BCUT2D eigenvalue weighted by Gasteiger charge is -2.16. The van der Waals surface area contributed by atoms with E-state index in [1.807, 2.05) is 11.8 Å². The first-order chi connectivity index (χ1) is 6.61. The smallest absolute Gasteiger partial charge is 0.224 e. The van der Waals surface area contributed by atoms with Crippen LogP contribution in [0.25, 0.3) is 0 Å². The molecule has 4 nitrogen and oxygen atoms in total. The Morgan fingerprint density at radius 3 is 3.00 bits per heavy atom. The normalized spacial score (nSPS) is 25.8. The van der Waals surface area contributed by atoms with Gasteiger partial charge in [-0.2, -0.15) is 11.8 Å². The molecule has 0 aromatic heterocycles. The summed E-state index contributed by atoms with van der Waals surface area (Å²) in [6.07, 6.45) is 0.383. The van der Waals surface area contributed by atoms with Crippen LogP contribution in [0, 0.1) is 5.92 Å². The minimum absolute atomic E-state index is 0.0751. The van der Waals surface area contributed by atoms with Gasteiger partial charge in [-0.3, -0.25) is 4.79 Å². The molecule has 1 fully saturated rings. The van der Waals surface area contributed by atoms with Crippen LogP contribution >= 0.6 is 11.8 Å². The Balaban J connectivity index is 2.20. The molecular weight excluding hydrogens is 200 g/mol. The molecule has 3 unspecified atom stereocenters. The maximum atomic E-state index is 11.5. The zero-order valence-corrected chi connectivity index (χ0v) is 9.22. The summed E-state index contributed by atoms with van der Waals surface area (Å²) in [5.41, 5.74) is 5.59. The number of carbonyl (C=O) groups excluding carboxylic acids is 1. The van der Waals surface area contributed by atoms with E-state index < -0.39 is 6.10 Å². The van der Waals surface area contributed by atoms with Crippen molar-refractivity contribution in [2.45, 2.75) is 25.5 Å². The van der Waals surface area contributed by atoms with Gasteiger partial charge >= 0.3 is 0 Å². The van der Waals surface area contributed by atoms with Crippen LogP contribution in [-0.2, 0) is 4.79 Å². The number of aliphatic hydroxyl groups is 1. The molecule has 0 spiro atoms. The van der Waals surface area contributed by atoms with E-state index >= 15 is 0 Å². The second-order valence-corrected chi connectivity index (χ2v) is 4.86. The molecule has 0 saturated carbocycles. The molecule has 0 aromatic rings. The average molecular weight is 218 g/mol. The molecule has 3 atom stereocenters. The predicted molar refractivity (Wildman–Crippen MR) is 58.1 cm³/mol. The van der Waals surface area contributed by atoms with E-state index in [9.17, 15) is 4.79 Å². The largest absolute Gasteiger partial charge is 0.392 e. The summed E-state index contributed by atoms with van der Waals surface area (Å²) in [4.78, 5) is 11.5. The van der Waals surface area contributed by atoms with Gasteiger partial charge in [0.15, 0.2) is 0 Å². The number of amides is 1. The zero-order valence-electron chi connectivity index (χ0n) is 8.40. The molecule has 82 valence electrons. The minimum Gasteiger partial charge on any atom is -0.392 e. The van der Waals surface area contributed by atoms with Crippen molar-refractivity contribution in [2.75, 3.05) is 18.1 Å². The molecule has 1 aliphatic rings. The highest BCUT2D eigenvalue weighted by molar-refractivity contribution is 7.99. The van der Waals surface area contributed by atoms with Gasteiger partial charge in [-0.05, 0) is 19.1 Å². The van der Waals surface area contributed by atoms with E-state index in [4.69, 9.17) is 10.8 Å². The summed E-state index contributed by atoms with van der Waals surface area (Å²) < 4.78 is 0. The Hall–Kier alpha value is -0.260. The van der Waals surface area contributed by atoms with Crippen LogP contribution in [0.5, 0.6) is 0 Å². The fraction of sp³-hybridized carbons (Fsp3) is 0.889. The van der Waals surface area contributed by atoms with E-state index in [0.29, 0.717) is 6.54 Å². The molecular formula is C9H18N2O2S. The van der Waals surface area contributed by atoms with Crippen molar-refractivity contribution in [2.24, 2.45) is 11.7 Å². The molecule has 1 saturated heterocycles. The third-order valence-corrected chi connectivity index (χ3v) is 3.59. The minimum atomic E-state index is -0.576. The Labute approximate surface area is 88.6 Å². The molecule has 1 rings (SSSR count). The molecule has 0 radical (unpaired) electrons. The second-order valence-electron chi connectivity index (χ2n) is 3.71. The number of thioether (sulfide) groups is 1. The molecule has 0 aliphatic carbocycles. The Kier molecular flexibility index (Phi) is 4.71. The van der Waals surface area contributed by atoms with Gasteiger partial charge in [0.05, 0.1) is 6.10 Å². The van der Waals surface area contributed by atoms with Crippen molar-refractivity contribution in [3.05, 3.63) is 0 Å². The highest BCUT2D eigenvalue weighted by Crippen LogP contribution is 2.23. The fourth-order valence-corrected chi connectivity index (χ4v) is 2.50. The number of carbonyl (C=O) groups is 1. The molecule has 1 aliphatic heterocycles. The molecule has 4 N–H and O–H groups in total. The van der Waals surface area contributed by atoms with Gasteiger partial charge in [-0.15, -0.1) is 0 Å². The van der Waals surface area contributed by atoms with Crippen molar-refractivity contribution in [1.29, 1.82) is 0 Å². The second kappa shape index (κ2) is 5.58. The van der Waals surface area contributed by atoms with Crippen LogP contribution in [0.4, 0.5) is 0 Å². The van der Waals surface area contributed by atoms with E-state index in [2.05, 4.69) is 5.32 Å². The number of hydrogen-bond donors (Lipinski definition) is 3. The van der Waals surface area contributed by atoms with Gasteiger partial charge < -0.3 is 16.2 Å². The predicted octanol–water partition coefficient (Wildman–Crippen LogP) is -0.436. The first-order valence-electron chi connectivity index (χ1n) is 4.90. The fourth-order valence-electron chi connectivity index (χ4n) is 1.27. The summed E-state index contributed by atoms with van der Waals surface area (Å²) in [5.74, 6) is 2.20. The van der Waals surface area contributed by atoms with Gasteiger partial charge in [0.1, 0.15) is 0 Å². The van der Waals surface area contributed by atoms with Crippen molar-refractivity contribution < 1.29 is 9.90 Å². The highest BCUT2D eigenvalue weighted by atomic mass is 32.2. The van der Waals surface area contributed by atoms with Crippen molar-refractivity contribution in [3.8, 4) is 0 Å². The third kappa shape index (κ3) is 3.48.